The van der Waals surface area contributed by atoms with Crippen molar-refractivity contribution < 1.29 is 9.18 Å². The summed E-state index contributed by atoms with van der Waals surface area (Å²) in [6, 6.07) is 7.30. The van der Waals surface area contributed by atoms with E-state index in [1.807, 2.05) is 6.07 Å². The lowest BCUT2D eigenvalue weighted by Crippen LogP contribution is -2.19. The van der Waals surface area contributed by atoms with Crippen LogP contribution in [0.2, 0.25) is 0 Å². The van der Waals surface area contributed by atoms with E-state index in [2.05, 4.69) is 4.98 Å². The third kappa shape index (κ3) is 2.44. The number of hydrogen-bond donors (Lipinski definition) is 0. The maximum atomic E-state index is 13.1. The minimum Gasteiger partial charge on any atom is -0.297 e. The Hall–Kier alpha value is -2.50. The molecule has 0 atom stereocenters. The molecule has 5 nitrogen and oxygen atoms in total. The first-order valence-electron chi connectivity index (χ1n) is 6.35. The van der Waals surface area contributed by atoms with Crippen LogP contribution >= 0.6 is 23.1 Å². The van der Waals surface area contributed by atoms with Gasteiger partial charge in [-0.3, -0.25) is 9.59 Å². The fraction of sp³-hybridized carbons (Fsp3) is 0.0667. The van der Waals surface area contributed by atoms with Crippen LogP contribution in [0.25, 0.3) is 16.2 Å². The average Bonchev–Trinajstić information content (AvgIpc) is 2.94. The highest BCUT2D eigenvalue weighted by Crippen LogP contribution is 2.30. The number of nitriles is 1. The number of hydrogen-bond acceptors (Lipinski definition) is 6. The van der Waals surface area contributed by atoms with E-state index in [0.717, 1.165) is 11.3 Å². The molecule has 2 heterocycles. The van der Waals surface area contributed by atoms with Gasteiger partial charge in [0.2, 0.25) is 0 Å². The lowest BCUT2D eigenvalue weighted by atomic mass is 10.1. The van der Waals surface area contributed by atoms with Crippen LogP contribution in [0.4, 0.5) is 4.39 Å². The van der Waals surface area contributed by atoms with Gasteiger partial charge in [0, 0.05) is 5.56 Å². The van der Waals surface area contributed by atoms with Gasteiger partial charge in [-0.25, -0.2) is 13.8 Å². The van der Waals surface area contributed by atoms with Gasteiger partial charge < -0.3 is 0 Å². The number of fused-ring (bicyclic) bond motifs is 1. The molecule has 3 rings (SSSR count). The van der Waals surface area contributed by atoms with Gasteiger partial charge in [-0.05, 0) is 30.5 Å². The third-order valence-corrected chi connectivity index (χ3v) is 4.86. The maximum absolute atomic E-state index is 13.1. The molecule has 0 bridgehead atoms. The molecule has 23 heavy (non-hydrogen) atoms. The second-order valence-electron chi connectivity index (χ2n) is 4.47. The zero-order chi connectivity index (χ0) is 16.6. The first-order valence-corrected chi connectivity index (χ1v) is 8.39. The van der Waals surface area contributed by atoms with Crippen LogP contribution in [-0.2, 0) is 0 Å². The fourth-order valence-electron chi connectivity index (χ4n) is 2.21. The van der Waals surface area contributed by atoms with Crippen molar-refractivity contribution in [2.24, 2.45) is 0 Å². The van der Waals surface area contributed by atoms with Gasteiger partial charge in [0.25, 0.3) is 5.56 Å². The van der Waals surface area contributed by atoms with E-state index in [1.165, 1.54) is 40.4 Å². The first kappa shape index (κ1) is 15.4. The second kappa shape index (κ2) is 5.95. The van der Waals surface area contributed by atoms with Gasteiger partial charge in [-0.15, -0.1) is 11.8 Å². The predicted molar refractivity (Wildman–Crippen MR) is 86.6 cm³/mol. The van der Waals surface area contributed by atoms with Crippen molar-refractivity contribution in [2.75, 3.05) is 6.26 Å². The number of aldehydes is 1. The van der Waals surface area contributed by atoms with Crippen LogP contribution in [0.1, 0.15) is 15.2 Å². The maximum Gasteiger partial charge on any atom is 0.278 e. The standard InChI is InChI=1S/C15H8FN3O2S2/c1-22-13-10(6-17)14(21)19-12(8-2-4-9(16)5-3-8)11(7-20)23-15(19)18-13/h2-5,7H,1H3. The Morgan fingerprint density at radius 1 is 1.39 bits per heavy atom. The van der Waals surface area contributed by atoms with E-state index in [0.29, 0.717) is 32.4 Å². The van der Waals surface area contributed by atoms with Crippen molar-refractivity contribution in [1.29, 1.82) is 5.26 Å². The Labute approximate surface area is 138 Å². The largest absolute Gasteiger partial charge is 0.297 e. The minimum absolute atomic E-state index is 0.0754. The number of carbonyl (C=O) groups is 1. The number of rotatable bonds is 3. The number of benzene rings is 1. The number of thiazole rings is 1. The van der Waals surface area contributed by atoms with Crippen LogP contribution < -0.4 is 5.56 Å². The Kier molecular flexibility index (Phi) is 3.98. The molecule has 0 spiro atoms. The summed E-state index contributed by atoms with van der Waals surface area (Å²) in [4.78, 5) is 28.9. The molecular weight excluding hydrogens is 337 g/mol. The molecule has 0 saturated carbocycles. The molecule has 0 aliphatic rings. The molecule has 0 aliphatic carbocycles. The number of carbonyl (C=O) groups excluding carboxylic acids is 1. The van der Waals surface area contributed by atoms with E-state index < -0.39 is 11.4 Å². The third-order valence-electron chi connectivity index (χ3n) is 3.21. The van der Waals surface area contributed by atoms with Gasteiger partial charge >= 0.3 is 0 Å². The number of halogens is 1. The van der Waals surface area contributed by atoms with Crippen molar-refractivity contribution in [3.8, 4) is 17.3 Å². The highest BCUT2D eigenvalue weighted by molar-refractivity contribution is 7.98. The summed E-state index contributed by atoms with van der Waals surface area (Å²) in [7, 11) is 0. The van der Waals surface area contributed by atoms with E-state index >= 15 is 0 Å². The summed E-state index contributed by atoms with van der Waals surface area (Å²) in [6.45, 7) is 0. The van der Waals surface area contributed by atoms with E-state index in [-0.39, 0.29) is 5.56 Å². The topological polar surface area (TPSA) is 75.2 Å². The Balaban J connectivity index is 2.46. The van der Waals surface area contributed by atoms with Crippen molar-refractivity contribution in [2.45, 2.75) is 5.03 Å². The quantitative estimate of drug-likeness (QED) is 0.414. The highest BCUT2D eigenvalue weighted by Gasteiger charge is 2.20. The van der Waals surface area contributed by atoms with Gasteiger partial charge in [-0.2, -0.15) is 5.26 Å². The minimum atomic E-state index is -0.537. The highest BCUT2D eigenvalue weighted by atomic mass is 32.2. The van der Waals surface area contributed by atoms with Gasteiger partial charge in [0.15, 0.2) is 11.2 Å². The number of nitrogens with zero attached hydrogens (tertiary/aromatic N) is 3. The number of aromatic nitrogens is 2. The van der Waals surface area contributed by atoms with E-state index in [1.54, 1.807) is 6.26 Å². The number of thioether (sulfide) groups is 1. The predicted octanol–water partition coefficient (Wildman–Crippen LogP) is 2.97. The SMILES string of the molecule is CSc1nc2sc(C=O)c(-c3ccc(F)cc3)n2c(=O)c1C#N. The molecule has 114 valence electrons. The molecule has 2 aromatic heterocycles. The second-order valence-corrected chi connectivity index (χ2v) is 6.27. The molecular formula is C15H8FN3O2S2. The lowest BCUT2D eigenvalue weighted by Gasteiger charge is -2.04. The van der Waals surface area contributed by atoms with Crippen LogP contribution in [0.15, 0.2) is 34.1 Å². The zero-order valence-corrected chi connectivity index (χ0v) is 13.4. The van der Waals surface area contributed by atoms with Crippen LogP contribution in [0, 0.1) is 17.1 Å². The fourth-order valence-corrected chi connectivity index (χ4v) is 3.73. The van der Waals surface area contributed by atoms with E-state index in [9.17, 15) is 19.2 Å². The Bertz CT molecular complexity index is 1020. The van der Waals surface area contributed by atoms with Crippen molar-refractivity contribution in [3.63, 3.8) is 0 Å². The summed E-state index contributed by atoms with van der Waals surface area (Å²) in [6.07, 6.45) is 2.34. The normalized spacial score (nSPS) is 10.7. The molecule has 0 amide bonds. The molecule has 0 saturated heterocycles. The van der Waals surface area contributed by atoms with Crippen molar-refractivity contribution >= 4 is 34.3 Å². The molecule has 8 heteroatoms. The van der Waals surface area contributed by atoms with Crippen LogP contribution in [0.3, 0.4) is 0 Å². The average molecular weight is 345 g/mol. The monoisotopic (exact) mass is 345 g/mol. The van der Waals surface area contributed by atoms with Gasteiger partial charge in [0.1, 0.15) is 22.5 Å². The van der Waals surface area contributed by atoms with Crippen LogP contribution in [0.5, 0.6) is 0 Å². The summed E-state index contributed by atoms with van der Waals surface area (Å²) in [5, 5.41) is 9.54. The summed E-state index contributed by atoms with van der Waals surface area (Å²) in [5.41, 5.74) is 0.213. The molecule has 0 radical (unpaired) electrons. The summed E-state index contributed by atoms with van der Waals surface area (Å²) >= 11 is 2.24. The smallest absolute Gasteiger partial charge is 0.278 e. The van der Waals surface area contributed by atoms with E-state index in [4.69, 9.17) is 0 Å². The summed E-state index contributed by atoms with van der Waals surface area (Å²) < 4.78 is 14.4. The molecule has 1 aromatic carbocycles. The Morgan fingerprint density at radius 2 is 2.09 bits per heavy atom. The van der Waals surface area contributed by atoms with Crippen molar-refractivity contribution in [3.05, 3.63) is 50.9 Å². The van der Waals surface area contributed by atoms with Crippen molar-refractivity contribution in [1.82, 2.24) is 9.38 Å². The summed E-state index contributed by atoms with van der Waals surface area (Å²) in [5.74, 6) is -0.422. The zero-order valence-electron chi connectivity index (χ0n) is 11.7. The molecule has 0 fully saturated rings. The lowest BCUT2D eigenvalue weighted by molar-refractivity contribution is 0.112. The van der Waals surface area contributed by atoms with Gasteiger partial charge in [0.05, 0.1) is 10.6 Å². The van der Waals surface area contributed by atoms with Crippen LogP contribution in [-0.4, -0.2) is 21.9 Å². The Morgan fingerprint density at radius 3 is 2.65 bits per heavy atom. The molecule has 0 N–H and O–H groups in total. The molecule has 0 unspecified atom stereocenters. The molecule has 0 aliphatic heterocycles. The van der Waals surface area contributed by atoms with Gasteiger partial charge in [-0.1, -0.05) is 11.3 Å². The molecule has 3 aromatic rings. The first-order chi connectivity index (χ1) is 11.1.